The minimum absolute atomic E-state index is 0.0399. The summed E-state index contributed by atoms with van der Waals surface area (Å²) in [4.78, 5) is 17.0. The highest BCUT2D eigenvalue weighted by atomic mass is 32.2. The number of aromatic nitrogens is 1. The van der Waals surface area contributed by atoms with Gasteiger partial charge in [-0.25, -0.2) is 13.1 Å². The fourth-order valence-electron chi connectivity index (χ4n) is 3.76. The number of pyridine rings is 1. The van der Waals surface area contributed by atoms with Crippen molar-refractivity contribution in [2.75, 3.05) is 12.8 Å². The number of amides is 1. The molecule has 0 saturated heterocycles. The molecule has 2 atom stereocenters. The largest absolute Gasteiger partial charge is 0.392 e. The number of benzene rings is 1. The van der Waals surface area contributed by atoms with E-state index in [9.17, 15) is 26.4 Å². The molecule has 2 aromatic rings. The average molecular weight is 470 g/mol. The minimum Gasteiger partial charge on any atom is -0.349 e. The molecule has 1 amide bonds. The Labute approximate surface area is 185 Å². The van der Waals surface area contributed by atoms with Crippen LogP contribution in [0, 0.1) is 5.92 Å². The Morgan fingerprint density at radius 3 is 2.69 bits per heavy atom. The molecule has 0 fully saturated rings. The number of rotatable bonds is 7. The van der Waals surface area contributed by atoms with Crippen LogP contribution in [0.4, 0.5) is 13.2 Å². The molecule has 0 saturated carbocycles. The van der Waals surface area contributed by atoms with Gasteiger partial charge in [-0.2, -0.15) is 13.2 Å². The fraction of sp³-hybridized carbons (Fsp3) is 0.455. The first-order valence-electron chi connectivity index (χ1n) is 10.3. The van der Waals surface area contributed by atoms with E-state index in [1.165, 1.54) is 6.20 Å². The van der Waals surface area contributed by atoms with Crippen LogP contribution < -0.4 is 10.0 Å². The predicted molar refractivity (Wildman–Crippen MR) is 118 cm³/mol. The number of fused-ring (bicyclic) bond motifs is 1. The molecule has 1 aromatic heterocycles. The first-order valence-corrected chi connectivity index (χ1v) is 12.2. The third-order valence-corrected chi connectivity index (χ3v) is 6.24. The molecule has 32 heavy (non-hydrogen) atoms. The number of alkyl halides is 3. The number of sulfonamides is 1. The Morgan fingerprint density at radius 1 is 1.31 bits per heavy atom. The summed E-state index contributed by atoms with van der Waals surface area (Å²) in [6.45, 7) is 1.99. The maximum absolute atomic E-state index is 12.9. The SMILES string of the molecule is C[C@H](CCNS(C)(=O)=O)NC(=O)c1cnc2c(C3=CC[C@@H](C(F)(F)F)CC3)cccc2c1. The summed E-state index contributed by atoms with van der Waals surface area (Å²) in [5.41, 5.74) is 2.63. The number of para-hydroxylation sites is 1. The second-order valence-corrected chi connectivity index (χ2v) is 10.0. The molecule has 0 radical (unpaired) electrons. The van der Waals surface area contributed by atoms with Crippen molar-refractivity contribution in [1.82, 2.24) is 15.0 Å². The molecular formula is C22H26F3N3O3S. The van der Waals surface area contributed by atoms with Crippen LogP contribution in [0.15, 0.2) is 36.5 Å². The van der Waals surface area contributed by atoms with Crippen LogP contribution in [0.1, 0.15) is 48.5 Å². The van der Waals surface area contributed by atoms with Crippen LogP contribution in [0.2, 0.25) is 0 Å². The van der Waals surface area contributed by atoms with Gasteiger partial charge in [0.1, 0.15) is 0 Å². The lowest BCUT2D eigenvalue weighted by Crippen LogP contribution is -2.35. The van der Waals surface area contributed by atoms with Crippen LogP contribution >= 0.6 is 0 Å². The van der Waals surface area contributed by atoms with Crippen LogP contribution in [0.5, 0.6) is 0 Å². The monoisotopic (exact) mass is 469 g/mol. The lowest BCUT2D eigenvalue weighted by atomic mass is 9.85. The Bertz CT molecular complexity index is 1130. The molecule has 1 aliphatic carbocycles. The normalized spacial score (nSPS) is 18.3. The van der Waals surface area contributed by atoms with Crippen LogP contribution in [-0.2, 0) is 10.0 Å². The second kappa shape index (κ2) is 9.58. The number of carbonyl (C=O) groups is 1. The molecule has 0 bridgehead atoms. The summed E-state index contributed by atoms with van der Waals surface area (Å²) in [5.74, 6) is -1.64. The number of nitrogens with zero attached hydrogens (tertiary/aromatic N) is 1. The Morgan fingerprint density at radius 2 is 2.06 bits per heavy atom. The Balaban J connectivity index is 1.72. The van der Waals surface area contributed by atoms with Gasteiger partial charge in [0.15, 0.2) is 0 Å². The number of hydrogen-bond acceptors (Lipinski definition) is 4. The summed E-state index contributed by atoms with van der Waals surface area (Å²) in [7, 11) is -3.28. The number of halogens is 3. The van der Waals surface area contributed by atoms with Gasteiger partial charge >= 0.3 is 6.18 Å². The number of hydrogen-bond donors (Lipinski definition) is 2. The fourth-order valence-corrected chi connectivity index (χ4v) is 4.25. The summed E-state index contributed by atoms with van der Waals surface area (Å²) in [6, 6.07) is 6.89. The summed E-state index contributed by atoms with van der Waals surface area (Å²) in [6.07, 6.45) is 0.751. The van der Waals surface area contributed by atoms with Gasteiger partial charge in [-0.3, -0.25) is 9.78 Å². The number of carbonyl (C=O) groups excluding carboxylic acids is 1. The average Bonchev–Trinajstić information content (AvgIpc) is 2.71. The highest BCUT2D eigenvalue weighted by molar-refractivity contribution is 7.88. The quantitative estimate of drug-likeness (QED) is 0.641. The molecule has 0 unspecified atom stereocenters. The maximum atomic E-state index is 12.9. The van der Waals surface area contributed by atoms with Gasteiger partial charge < -0.3 is 5.32 Å². The van der Waals surface area contributed by atoms with Gasteiger partial charge in [-0.15, -0.1) is 0 Å². The van der Waals surface area contributed by atoms with Crippen LogP contribution in [0.25, 0.3) is 16.5 Å². The standard InChI is InChI=1S/C22H26F3N3O3S/c1-14(10-11-27-32(2,30)31)28-21(29)17-12-16-4-3-5-19(20(16)26-13-17)15-6-8-18(9-7-15)22(23,24)25/h3-6,12-14,18,27H,7-11H2,1-2H3,(H,28,29)/t14-,18-/m1/s1. The lowest BCUT2D eigenvalue weighted by Gasteiger charge is -2.24. The highest BCUT2D eigenvalue weighted by Gasteiger charge is 2.39. The Kier molecular flexibility index (Phi) is 7.24. The summed E-state index contributed by atoms with van der Waals surface area (Å²) < 4.78 is 63.5. The van der Waals surface area contributed by atoms with E-state index in [4.69, 9.17) is 0 Å². The molecule has 0 spiro atoms. The Hall–Kier alpha value is -2.46. The van der Waals surface area contributed by atoms with E-state index in [2.05, 4.69) is 15.0 Å². The van der Waals surface area contributed by atoms with Crippen molar-refractivity contribution in [2.24, 2.45) is 5.92 Å². The molecular weight excluding hydrogens is 443 g/mol. The van der Waals surface area contributed by atoms with Crippen molar-refractivity contribution < 1.29 is 26.4 Å². The van der Waals surface area contributed by atoms with Crippen molar-refractivity contribution in [3.63, 3.8) is 0 Å². The zero-order chi connectivity index (χ0) is 23.5. The lowest BCUT2D eigenvalue weighted by molar-refractivity contribution is -0.175. The third-order valence-electron chi connectivity index (χ3n) is 5.51. The van der Waals surface area contributed by atoms with E-state index in [0.717, 1.165) is 22.8 Å². The predicted octanol–water partition coefficient (Wildman–Crippen LogP) is 4.04. The summed E-state index contributed by atoms with van der Waals surface area (Å²) >= 11 is 0. The van der Waals surface area contributed by atoms with Crippen molar-refractivity contribution in [2.45, 2.75) is 44.8 Å². The highest BCUT2D eigenvalue weighted by Crippen LogP contribution is 2.40. The molecule has 10 heteroatoms. The van der Waals surface area contributed by atoms with Crippen molar-refractivity contribution >= 4 is 32.4 Å². The number of allylic oxidation sites excluding steroid dienone is 2. The van der Waals surface area contributed by atoms with Crippen LogP contribution in [0.3, 0.4) is 0 Å². The van der Waals surface area contributed by atoms with E-state index in [1.807, 2.05) is 12.1 Å². The zero-order valence-electron chi connectivity index (χ0n) is 17.9. The van der Waals surface area contributed by atoms with E-state index < -0.39 is 22.1 Å². The second-order valence-electron chi connectivity index (χ2n) is 8.17. The molecule has 1 heterocycles. The topological polar surface area (TPSA) is 88.2 Å². The van der Waals surface area contributed by atoms with Gasteiger partial charge in [0.05, 0.1) is 23.3 Å². The molecule has 6 nitrogen and oxygen atoms in total. The third kappa shape index (κ3) is 6.29. The van der Waals surface area contributed by atoms with Crippen molar-refractivity contribution in [3.8, 4) is 0 Å². The molecule has 1 aliphatic rings. The molecule has 0 aliphatic heterocycles. The first kappa shape index (κ1) is 24.2. The summed E-state index contributed by atoms with van der Waals surface area (Å²) in [5, 5.41) is 3.53. The zero-order valence-corrected chi connectivity index (χ0v) is 18.7. The first-order chi connectivity index (χ1) is 14.9. The molecule has 174 valence electrons. The van der Waals surface area contributed by atoms with Gasteiger partial charge in [-0.05, 0) is 44.2 Å². The van der Waals surface area contributed by atoms with E-state index in [-0.39, 0.29) is 31.3 Å². The van der Waals surface area contributed by atoms with Gasteiger partial charge in [-0.1, -0.05) is 24.3 Å². The van der Waals surface area contributed by atoms with Crippen LogP contribution in [-0.4, -0.2) is 44.3 Å². The minimum atomic E-state index is -4.18. The molecule has 2 N–H and O–H groups in total. The van der Waals surface area contributed by atoms with Gasteiger partial charge in [0, 0.05) is 29.7 Å². The van der Waals surface area contributed by atoms with E-state index in [1.54, 1.807) is 25.1 Å². The number of nitrogens with one attached hydrogen (secondary N) is 2. The van der Waals surface area contributed by atoms with E-state index in [0.29, 0.717) is 23.9 Å². The van der Waals surface area contributed by atoms with Gasteiger partial charge in [0.2, 0.25) is 10.0 Å². The van der Waals surface area contributed by atoms with E-state index >= 15 is 0 Å². The van der Waals surface area contributed by atoms with Crippen molar-refractivity contribution in [1.29, 1.82) is 0 Å². The molecule has 1 aromatic carbocycles. The smallest absolute Gasteiger partial charge is 0.349 e. The van der Waals surface area contributed by atoms with Gasteiger partial charge in [0.25, 0.3) is 5.91 Å². The molecule has 3 rings (SSSR count). The van der Waals surface area contributed by atoms with Crippen molar-refractivity contribution in [3.05, 3.63) is 47.7 Å². The maximum Gasteiger partial charge on any atom is 0.392 e.